The number of amides is 1. The predicted molar refractivity (Wildman–Crippen MR) is 103 cm³/mol. The first-order valence-electron chi connectivity index (χ1n) is 7.62. The Morgan fingerprint density at radius 3 is 2.68 bits per heavy atom. The number of aromatic nitrogens is 2. The molecule has 0 fully saturated rings. The Bertz CT molecular complexity index is 998. The maximum absolute atomic E-state index is 12.9. The molecule has 5 nitrogen and oxygen atoms in total. The van der Waals surface area contributed by atoms with E-state index in [0.717, 1.165) is 15.6 Å². The number of nitrogens with one attached hydrogen (secondary N) is 1. The molecule has 0 saturated heterocycles. The van der Waals surface area contributed by atoms with Gasteiger partial charge in [0, 0.05) is 17.3 Å². The van der Waals surface area contributed by atoms with Gasteiger partial charge >= 0.3 is 0 Å². The van der Waals surface area contributed by atoms with Crippen molar-refractivity contribution in [1.82, 2.24) is 9.38 Å². The van der Waals surface area contributed by atoms with Gasteiger partial charge in [-0.2, -0.15) is 0 Å². The molecule has 130 valence electrons. The van der Waals surface area contributed by atoms with Gasteiger partial charge in [0.05, 0.1) is 23.0 Å². The average Bonchev–Trinajstić information content (AvgIpc) is 2.87. The molecule has 0 aliphatic heterocycles. The van der Waals surface area contributed by atoms with Crippen molar-refractivity contribution in [3.8, 4) is 5.75 Å². The highest BCUT2D eigenvalue weighted by atomic mass is 79.9. The Morgan fingerprint density at radius 2 is 2.00 bits per heavy atom. The summed E-state index contributed by atoms with van der Waals surface area (Å²) >= 11 is 9.63. The van der Waals surface area contributed by atoms with Gasteiger partial charge in [-0.1, -0.05) is 11.6 Å². The number of nitrogens with zero attached hydrogens (tertiary/aromatic N) is 2. The van der Waals surface area contributed by atoms with E-state index in [1.165, 1.54) is 7.11 Å². The van der Waals surface area contributed by atoms with E-state index in [1.54, 1.807) is 16.5 Å². The highest BCUT2D eigenvalue weighted by molar-refractivity contribution is 9.10. The van der Waals surface area contributed by atoms with Crippen LogP contribution in [0.5, 0.6) is 5.75 Å². The summed E-state index contributed by atoms with van der Waals surface area (Å²) in [7, 11) is 1.54. The van der Waals surface area contributed by atoms with Crippen molar-refractivity contribution in [3.63, 3.8) is 0 Å². The molecule has 0 bridgehead atoms. The molecule has 0 saturated carbocycles. The zero-order valence-electron chi connectivity index (χ0n) is 14.3. The summed E-state index contributed by atoms with van der Waals surface area (Å²) < 4.78 is 7.96. The van der Waals surface area contributed by atoms with Crippen molar-refractivity contribution in [2.75, 3.05) is 12.4 Å². The van der Waals surface area contributed by atoms with Crippen molar-refractivity contribution >= 4 is 44.8 Å². The average molecular weight is 423 g/mol. The van der Waals surface area contributed by atoms with Crippen LogP contribution in [0.25, 0.3) is 5.65 Å². The molecule has 25 heavy (non-hydrogen) atoms. The smallest absolute Gasteiger partial charge is 0.274 e. The van der Waals surface area contributed by atoms with E-state index in [0.29, 0.717) is 33.5 Å². The molecule has 1 amide bonds. The molecule has 0 unspecified atom stereocenters. The lowest BCUT2D eigenvalue weighted by atomic mass is 10.2. The number of benzene rings is 1. The van der Waals surface area contributed by atoms with Gasteiger partial charge in [-0.15, -0.1) is 0 Å². The van der Waals surface area contributed by atoms with E-state index >= 15 is 0 Å². The minimum absolute atomic E-state index is 0.262. The van der Waals surface area contributed by atoms with Crippen LogP contribution in [0, 0.1) is 20.8 Å². The van der Waals surface area contributed by atoms with Crippen molar-refractivity contribution in [3.05, 3.63) is 56.4 Å². The zero-order chi connectivity index (χ0) is 18.3. The van der Waals surface area contributed by atoms with Crippen LogP contribution in [0.2, 0.25) is 5.02 Å². The van der Waals surface area contributed by atoms with Gasteiger partial charge < -0.3 is 10.1 Å². The Kier molecular flexibility index (Phi) is 4.75. The summed E-state index contributed by atoms with van der Waals surface area (Å²) in [6.07, 6.45) is 1.89. The van der Waals surface area contributed by atoms with Crippen molar-refractivity contribution in [2.45, 2.75) is 20.8 Å². The number of fused-ring (bicyclic) bond motifs is 1. The lowest BCUT2D eigenvalue weighted by Crippen LogP contribution is -2.16. The molecule has 0 aliphatic carbocycles. The van der Waals surface area contributed by atoms with Crippen LogP contribution in [-0.2, 0) is 0 Å². The summed E-state index contributed by atoms with van der Waals surface area (Å²) in [5, 5.41) is 3.49. The maximum atomic E-state index is 12.9. The second-order valence-corrected chi connectivity index (χ2v) is 7.12. The van der Waals surface area contributed by atoms with E-state index in [4.69, 9.17) is 16.3 Å². The number of pyridine rings is 1. The van der Waals surface area contributed by atoms with Crippen LogP contribution < -0.4 is 10.1 Å². The summed E-state index contributed by atoms with van der Waals surface area (Å²) in [5.41, 5.74) is 4.27. The first-order chi connectivity index (χ1) is 11.8. The summed E-state index contributed by atoms with van der Waals surface area (Å²) in [5.74, 6) is 0.246. The minimum Gasteiger partial charge on any atom is -0.495 e. The molecule has 3 rings (SSSR count). The summed E-state index contributed by atoms with van der Waals surface area (Å²) in [6, 6.07) is 5.45. The number of hydrogen-bond acceptors (Lipinski definition) is 3. The number of aryl methyl sites for hydroxylation is 3. The molecular formula is C18H17BrClN3O2. The number of carbonyl (C=O) groups excluding carboxylic acids is 1. The largest absolute Gasteiger partial charge is 0.495 e. The van der Waals surface area contributed by atoms with Gasteiger partial charge in [0.2, 0.25) is 0 Å². The number of methoxy groups -OCH3 is 1. The number of imidazole rings is 1. The van der Waals surface area contributed by atoms with Gasteiger partial charge in [-0.25, -0.2) is 4.98 Å². The van der Waals surface area contributed by atoms with Gasteiger partial charge in [-0.05, 0) is 60.0 Å². The SMILES string of the molecule is COc1cc(Cl)c(C)cc1NC(=O)c1c(C)nc2c(Br)cc(C)cn12. The fourth-order valence-corrected chi connectivity index (χ4v) is 3.52. The molecule has 1 aromatic carbocycles. The zero-order valence-corrected chi connectivity index (χ0v) is 16.6. The fourth-order valence-electron chi connectivity index (χ4n) is 2.73. The van der Waals surface area contributed by atoms with Crippen LogP contribution in [0.4, 0.5) is 5.69 Å². The Labute approximate surface area is 159 Å². The first kappa shape index (κ1) is 17.8. The lowest BCUT2D eigenvalue weighted by Gasteiger charge is -2.12. The molecule has 1 N–H and O–H groups in total. The van der Waals surface area contributed by atoms with Crippen molar-refractivity contribution in [1.29, 1.82) is 0 Å². The highest BCUT2D eigenvalue weighted by Crippen LogP contribution is 2.31. The quantitative estimate of drug-likeness (QED) is 0.650. The van der Waals surface area contributed by atoms with E-state index in [-0.39, 0.29) is 5.91 Å². The van der Waals surface area contributed by atoms with Crippen LogP contribution in [0.3, 0.4) is 0 Å². The van der Waals surface area contributed by atoms with Crippen LogP contribution in [0.15, 0.2) is 28.9 Å². The predicted octanol–water partition coefficient (Wildman–Crippen LogP) is 4.94. The van der Waals surface area contributed by atoms with Crippen LogP contribution in [-0.4, -0.2) is 22.4 Å². The van der Waals surface area contributed by atoms with E-state index in [9.17, 15) is 4.79 Å². The third kappa shape index (κ3) is 3.24. The highest BCUT2D eigenvalue weighted by Gasteiger charge is 2.20. The fraction of sp³-hybridized carbons (Fsp3) is 0.222. The van der Waals surface area contributed by atoms with E-state index < -0.39 is 0 Å². The Morgan fingerprint density at radius 1 is 1.28 bits per heavy atom. The normalized spacial score (nSPS) is 11.0. The molecule has 0 radical (unpaired) electrons. The molecule has 0 aliphatic rings. The summed E-state index contributed by atoms with van der Waals surface area (Å²) in [6.45, 7) is 5.65. The summed E-state index contributed by atoms with van der Waals surface area (Å²) in [4.78, 5) is 17.4. The second kappa shape index (κ2) is 6.69. The monoisotopic (exact) mass is 421 g/mol. The molecule has 2 aromatic heterocycles. The number of hydrogen-bond donors (Lipinski definition) is 1. The molecular weight excluding hydrogens is 406 g/mol. The Balaban J connectivity index is 2.07. The first-order valence-corrected chi connectivity index (χ1v) is 8.79. The minimum atomic E-state index is -0.262. The van der Waals surface area contributed by atoms with Crippen molar-refractivity contribution < 1.29 is 9.53 Å². The number of anilines is 1. The van der Waals surface area contributed by atoms with Crippen molar-refractivity contribution in [2.24, 2.45) is 0 Å². The number of carbonyl (C=O) groups is 1. The van der Waals surface area contributed by atoms with Gasteiger partial charge in [0.1, 0.15) is 11.4 Å². The van der Waals surface area contributed by atoms with Gasteiger partial charge in [0.25, 0.3) is 5.91 Å². The number of halogens is 2. The molecule has 0 atom stereocenters. The molecule has 0 spiro atoms. The standard InChI is InChI=1S/C18H17BrClN3O2/c1-9-5-12(19)17-21-11(3)16(23(17)8-9)18(24)22-14-6-10(2)13(20)7-15(14)25-4/h5-8H,1-4H3,(H,22,24). The molecule has 2 heterocycles. The lowest BCUT2D eigenvalue weighted by molar-refractivity contribution is 0.102. The van der Waals surface area contributed by atoms with E-state index in [1.807, 2.05) is 33.0 Å². The van der Waals surface area contributed by atoms with Gasteiger partial charge in [0.15, 0.2) is 5.65 Å². The second-order valence-electron chi connectivity index (χ2n) is 5.86. The maximum Gasteiger partial charge on any atom is 0.274 e. The Hall–Kier alpha value is -2.05. The van der Waals surface area contributed by atoms with Gasteiger partial charge in [-0.3, -0.25) is 9.20 Å². The van der Waals surface area contributed by atoms with Crippen LogP contribution >= 0.6 is 27.5 Å². The number of ether oxygens (including phenoxy) is 1. The van der Waals surface area contributed by atoms with Crippen LogP contribution in [0.1, 0.15) is 27.3 Å². The molecule has 7 heteroatoms. The van der Waals surface area contributed by atoms with E-state index in [2.05, 4.69) is 26.2 Å². The third-order valence-electron chi connectivity index (χ3n) is 3.93. The molecule has 3 aromatic rings. The number of rotatable bonds is 3. The topological polar surface area (TPSA) is 55.6 Å². The third-order valence-corrected chi connectivity index (χ3v) is 4.92.